The van der Waals surface area contributed by atoms with Crippen LogP contribution < -0.4 is 4.90 Å². The van der Waals surface area contributed by atoms with E-state index in [-0.39, 0.29) is 5.60 Å². The van der Waals surface area contributed by atoms with Gasteiger partial charge in [0.25, 0.3) is 0 Å². The van der Waals surface area contributed by atoms with Crippen molar-refractivity contribution in [3.05, 3.63) is 27.7 Å². The van der Waals surface area contributed by atoms with Gasteiger partial charge in [0.1, 0.15) is 5.82 Å². The van der Waals surface area contributed by atoms with E-state index in [0.717, 1.165) is 49.9 Å². The van der Waals surface area contributed by atoms with E-state index >= 15 is 0 Å². The Kier molecular flexibility index (Phi) is 3.05. The van der Waals surface area contributed by atoms with Crippen LogP contribution in [0.25, 0.3) is 0 Å². The number of piperidine rings is 1. The molecule has 0 N–H and O–H groups in total. The molecule has 1 spiro atoms. The lowest BCUT2D eigenvalue weighted by atomic mass is 9.82. The highest BCUT2D eigenvalue weighted by atomic mass is 32.1. The Bertz CT molecular complexity index is 613. The molecule has 0 amide bonds. The summed E-state index contributed by atoms with van der Waals surface area (Å²) in [6, 6.07) is 2.27. The third-order valence-electron chi connectivity index (χ3n) is 4.30. The average Bonchev–Trinajstić information content (AvgIpc) is 3.09. The lowest BCUT2D eigenvalue weighted by Crippen LogP contribution is -2.46. The van der Waals surface area contributed by atoms with Gasteiger partial charge < -0.3 is 9.64 Å². The predicted octanol–water partition coefficient (Wildman–Crippen LogP) is 2.98. The van der Waals surface area contributed by atoms with Crippen LogP contribution in [0.4, 0.5) is 5.13 Å². The Morgan fingerprint density at radius 1 is 1.35 bits per heavy atom. The molecule has 0 bridgehead atoms. The lowest BCUT2D eigenvalue weighted by Gasteiger charge is -2.43. The van der Waals surface area contributed by atoms with Crippen LogP contribution in [0, 0.1) is 6.92 Å². The predicted molar refractivity (Wildman–Crippen MR) is 81.7 cm³/mol. The average molecular weight is 307 g/mol. The first-order valence-corrected chi connectivity index (χ1v) is 8.68. The molecular weight excluding hydrogens is 290 g/mol. The third kappa shape index (κ3) is 1.98. The van der Waals surface area contributed by atoms with Crippen LogP contribution in [0.2, 0.25) is 0 Å². The fourth-order valence-electron chi connectivity index (χ4n) is 3.24. The highest BCUT2D eigenvalue weighted by Crippen LogP contribution is 2.43. The summed E-state index contributed by atoms with van der Waals surface area (Å²) in [7, 11) is 0. The van der Waals surface area contributed by atoms with Gasteiger partial charge in [-0.1, -0.05) is 0 Å². The Hall–Kier alpha value is -0.980. The van der Waals surface area contributed by atoms with Crippen LogP contribution in [-0.2, 0) is 16.8 Å². The number of rotatable bonds is 1. The molecule has 6 heteroatoms. The molecule has 0 aromatic carbocycles. The van der Waals surface area contributed by atoms with Gasteiger partial charge in [-0.2, -0.15) is 4.37 Å². The molecule has 106 valence electrons. The van der Waals surface area contributed by atoms with Crippen molar-refractivity contribution >= 4 is 28.0 Å². The molecule has 20 heavy (non-hydrogen) atoms. The Balaban J connectivity index is 1.56. The second-order valence-electron chi connectivity index (χ2n) is 5.46. The molecule has 4 nitrogen and oxygen atoms in total. The van der Waals surface area contributed by atoms with Crippen LogP contribution in [0.15, 0.2) is 11.4 Å². The van der Waals surface area contributed by atoms with Gasteiger partial charge in [0, 0.05) is 35.9 Å². The zero-order valence-corrected chi connectivity index (χ0v) is 13.1. The number of thiophene rings is 1. The van der Waals surface area contributed by atoms with Crippen molar-refractivity contribution in [2.75, 3.05) is 24.6 Å². The second kappa shape index (κ2) is 4.79. The van der Waals surface area contributed by atoms with Gasteiger partial charge in [0.15, 0.2) is 0 Å². The van der Waals surface area contributed by atoms with Crippen LogP contribution >= 0.6 is 22.9 Å². The van der Waals surface area contributed by atoms with Gasteiger partial charge in [-0.25, -0.2) is 4.98 Å². The zero-order chi connectivity index (χ0) is 13.6. The smallest absolute Gasteiger partial charge is 0.205 e. The molecule has 4 rings (SSSR count). The summed E-state index contributed by atoms with van der Waals surface area (Å²) in [6.45, 7) is 4.83. The van der Waals surface area contributed by atoms with Crippen molar-refractivity contribution < 1.29 is 4.74 Å². The molecule has 1 fully saturated rings. The maximum atomic E-state index is 6.23. The number of fused-ring (bicyclic) bond motifs is 2. The van der Waals surface area contributed by atoms with Crippen molar-refractivity contribution in [2.45, 2.75) is 31.8 Å². The summed E-state index contributed by atoms with van der Waals surface area (Å²) in [5.41, 5.74) is 1.41. The number of aromatic nitrogens is 2. The first kappa shape index (κ1) is 12.7. The van der Waals surface area contributed by atoms with Crippen LogP contribution in [-0.4, -0.2) is 29.1 Å². The topological polar surface area (TPSA) is 38.2 Å². The van der Waals surface area contributed by atoms with Gasteiger partial charge in [-0.3, -0.25) is 0 Å². The third-order valence-corrected chi connectivity index (χ3v) is 6.15. The molecule has 1 saturated heterocycles. The summed E-state index contributed by atoms with van der Waals surface area (Å²) in [4.78, 5) is 8.37. The van der Waals surface area contributed by atoms with E-state index in [1.807, 2.05) is 18.3 Å². The van der Waals surface area contributed by atoms with Gasteiger partial charge in [0.05, 0.1) is 12.2 Å². The Morgan fingerprint density at radius 3 is 2.95 bits per heavy atom. The van der Waals surface area contributed by atoms with E-state index < -0.39 is 0 Å². The number of hydrogen-bond acceptors (Lipinski definition) is 6. The highest BCUT2D eigenvalue weighted by molar-refractivity contribution is 7.10. The molecule has 0 unspecified atom stereocenters. The molecule has 0 saturated carbocycles. The first-order chi connectivity index (χ1) is 9.77. The molecule has 0 aliphatic carbocycles. The standard InChI is InChI=1S/C14H17N3OS2/c1-10-15-13(20-16-10)17-6-4-14(5-7-17)11-3-9-19-12(11)2-8-18-14/h3,9H,2,4-8H2,1H3. The second-order valence-corrected chi connectivity index (χ2v) is 7.19. The molecule has 0 atom stereocenters. The minimum absolute atomic E-state index is 0.0379. The van der Waals surface area contributed by atoms with Gasteiger partial charge in [0.2, 0.25) is 5.13 Å². The summed E-state index contributed by atoms with van der Waals surface area (Å²) < 4.78 is 10.5. The minimum Gasteiger partial charge on any atom is -0.370 e. The van der Waals surface area contributed by atoms with E-state index in [9.17, 15) is 0 Å². The largest absolute Gasteiger partial charge is 0.370 e. The molecular formula is C14H17N3OS2. The Morgan fingerprint density at radius 2 is 2.20 bits per heavy atom. The van der Waals surface area contributed by atoms with Crippen LogP contribution in [0.1, 0.15) is 29.1 Å². The van der Waals surface area contributed by atoms with Gasteiger partial charge in [-0.05, 0) is 36.8 Å². The maximum Gasteiger partial charge on any atom is 0.205 e. The first-order valence-electron chi connectivity index (χ1n) is 7.03. The van der Waals surface area contributed by atoms with Crippen LogP contribution in [0.3, 0.4) is 0 Å². The van der Waals surface area contributed by atoms with Gasteiger partial charge in [-0.15, -0.1) is 11.3 Å². The number of ether oxygens (including phenoxy) is 1. The number of nitrogens with zero attached hydrogens (tertiary/aromatic N) is 3. The Labute approximate surface area is 126 Å². The zero-order valence-electron chi connectivity index (χ0n) is 11.5. The van der Waals surface area contributed by atoms with E-state index in [0.29, 0.717) is 0 Å². The molecule has 0 radical (unpaired) electrons. The van der Waals surface area contributed by atoms with Crippen LogP contribution in [0.5, 0.6) is 0 Å². The number of hydrogen-bond donors (Lipinski definition) is 0. The summed E-state index contributed by atoms with van der Waals surface area (Å²) in [5.74, 6) is 0.874. The lowest BCUT2D eigenvalue weighted by molar-refractivity contribution is -0.0756. The fourth-order valence-corrected chi connectivity index (χ4v) is 4.92. The molecule has 4 heterocycles. The van der Waals surface area contributed by atoms with Crippen molar-refractivity contribution in [2.24, 2.45) is 0 Å². The van der Waals surface area contributed by atoms with Crippen molar-refractivity contribution in [1.82, 2.24) is 9.36 Å². The monoisotopic (exact) mass is 307 g/mol. The highest BCUT2D eigenvalue weighted by Gasteiger charge is 2.41. The SMILES string of the molecule is Cc1nsc(N2CCC3(CC2)OCCc2sccc23)n1. The van der Waals surface area contributed by atoms with Crippen molar-refractivity contribution in [3.8, 4) is 0 Å². The number of aryl methyl sites for hydroxylation is 1. The van der Waals surface area contributed by atoms with E-state index in [2.05, 4.69) is 25.7 Å². The maximum absolute atomic E-state index is 6.23. The summed E-state index contributed by atoms with van der Waals surface area (Å²) >= 11 is 3.38. The van der Waals surface area contributed by atoms with Gasteiger partial charge >= 0.3 is 0 Å². The normalized spacial score (nSPS) is 21.1. The minimum atomic E-state index is -0.0379. The molecule has 2 aliphatic rings. The fraction of sp³-hybridized carbons (Fsp3) is 0.571. The molecule has 2 aliphatic heterocycles. The summed E-state index contributed by atoms with van der Waals surface area (Å²) in [5, 5.41) is 3.26. The van der Waals surface area contributed by atoms with E-state index in [1.165, 1.54) is 22.0 Å². The number of anilines is 1. The molecule has 2 aromatic rings. The van der Waals surface area contributed by atoms with Crippen molar-refractivity contribution in [3.63, 3.8) is 0 Å². The van der Waals surface area contributed by atoms with E-state index in [1.54, 1.807) is 0 Å². The summed E-state index contributed by atoms with van der Waals surface area (Å²) in [6.07, 6.45) is 3.18. The quantitative estimate of drug-likeness (QED) is 0.812. The van der Waals surface area contributed by atoms with E-state index in [4.69, 9.17) is 4.74 Å². The van der Waals surface area contributed by atoms with Crippen molar-refractivity contribution in [1.29, 1.82) is 0 Å². The molecule has 2 aromatic heterocycles.